The van der Waals surface area contributed by atoms with Crippen LogP contribution in [-0.2, 0) is 19.6 Å². The molecule has 0 spiro atoms. The van der Waals surface area contributed by atoms with Crippen LogP contribution in [0.4, 0.5) is 4.39 Å². The lowest BCUT2D eigenvalue weighted by Gasteiger charge is -2.18. The molecule has 7 heteroatoms. The molecular formula is C11H14FNO4S. The Kier molecular flexibility index (Phi) is 4.80. The van der Waals surface area contributed by atoms with Crippen LogP contribution < -0.4 is 5.14 Å². The molecule has 0 aliphatic rings. The van der Waals surface area contributed by atoms with Gasteiger partial charge in [0.15, 0.2) is 0 Å². The Morgan fingerprint density at radius 3 is 2.56 bits per heavy atom. The summed E-state index contributed by atoms with van der Waals surface area (Å²) in [5.74, 6) is -0.613. The Hall–Kier alpha value is -1.47. The summed E-state index contributed by atoms with van der Waals surface area (Å²) >= 11 is 0. The normalized spacial score (nSPS) is 13.1. The Bertz CT molecular complexity index is 530. The minimum Gasteiger partial charge on any atom is -0.458 e. The van der Waals surface area contributed by atoms with Gasteiger partial charge in [0.25, 0.3) is 0 Å². The van der Waals surface area contributed by atoms with Gasteiger partial charge in [0.05, 0.1) is 11.6 Å². The zero-order valence-corrected chi connectivity index (χ0v) is 10.6. The predicted molar refractivity (Wildman–Crippen MR) is 62.9 cm³/mol. The first kappa shape index (κ1) is 14.6. The van der Waals surface area contributed by atoms with E-state index in [1.165, 1.54) is 25.1 Å². The molecule has 0 heterocycles. The molecule has 0 saturated heterocycles. The maximum Gasteiger partial charge on any atom is 0.303 e. The van der Waals surface area contributed by atoms with Crippen molar-refractivity contribution >= 4 is 16.0 Å². The third-order valence-electron chi connectivity index (χ3n) is 2.25. The van der Waals surface area contributed by atoms with Crippen LogP contribution in [0.15, 0.2) is 29.2 Å². The number of hydrogen-bond donors (Lipinski definition) is 1. The fourth-order valence-electron chi connectivity index (χ4n) is 1.58. The van der Waals surface area contributed by atoms with Gasteiger partial charge in [0, 0.05) is 18.9 Å². The van der Waals surface area contributed by atoms with E-state index in [2.05, 4.69) is 0 Å². The molecule has 0 amide bonds. The van der Waals surface area contributed by atoms with Crippen LogP contribution in [0.2, 0.25) is 0 Å². The first-order valence-corrected chi connectivity index (χ1v) is 6.75. The molecule has 1 aromatic carbocycles. The molecule has 0 aliphatic heterocycles. The highest BCUT2D eigenvalue weighted by atomic mass is 32.2. The number of esters is 1. The van der Waals surface area contributed by atoms with E-state index in [0.717, 1.165) is 0 Å². The summed E-state index contributed by atoms with van der Waals surface area (Å²) in [6.07, 6.45) is -1.08. The SMILES string of the molecule is CC(=O)OC(CCF)c1ccccc1S(N)(=O)=O. The zero-order chi connectivity index (χ0) is 13.8. The minimum absolute atomic E-state index is 0.119. The smallest absolute Gasteiger partial charge is 0.303 e. The van der Waals surface area contributed by atoms with E-state index < -0.39 is 28.8 Å². The van der Waals surface area contributed by atoms with Crippen LogP contribution in [0.3, 0.4) is 0 Å². The number of nitrogens with two attached hydrogens (primary N) is 1. The molecule has 0 saturated carbocycles. The molecule has 0 aliphatic carbocycles. The van der Waals surface area contributed by atoms with Gasteiger partial charge in [-0.1, -0.05) is 18.2 Å². The standard InChI is InChI=1S/C11H14FNO4S/c1-8(14)17-10(6-7-12)9-4-2-3-5-11(9)18(13,15)16/h2-5,10H,6-7H2,1H3,(H2,13,15,16). The van der Waals surface area contributed by atoms with E-state index in [1.54, 1.807) is 6.07 Å². The molecule has 1 aromatic rings. The first-order valence-electron chi connectivity index (χ1n) is 5.21. The fourth-order valence-corrected chi connectivity index (χ4v) is 2.38. The summed E-state index contributed by atoms with van der Waals surface area (Å²) in [4.78, 5) is 10.8. The number of sulfonamides is 1. The van der Waals surface area contributed by atoms with E-state index in [9.17, 15) is 17.6 Å². The number of carbonyl (C=O) groups is 1. The van der Waals surface area contributed by atoms with Crippen molar-refractivity contribution in [1.82, 2.24) is 0 Å². The number of ether oxygens (including phenoxy) is 1. The number of primary sulfonamides is 1. The fraction of sp³-hybridized carbons (Fsp3) is 0.364. The summed E-state index contributed by atoms with van der Waals surface area (Å²) in [6, 6.07) is 5.80. The average Bonchev–Trinajstić information content (AvgIpc) is 2.27. The Morgan fingerprint density at radius 2 is 2.06 bits per heavy atom. The molecule has 18 heavy (non-hydrogen) atoms. The van der Waals surface area contributed by atoms with Crippen molar-refractivity contribution in [2.75, 3.05) is 6.67 Å². The van der Waals surface area contributed by atoms with Crippen LogP contribution in [0.1, 0.15) is 25.0 Å². The monoisotopic (exact) mass is 275 g/mol. The van der Waals surface area contributed by atoms with E-state index in [4.69, 9.17) is 9.88 Å². The van der Waals surface area contributed by atoms with E-state index in [-0.39, 0.29) is 16.9 Å². The molecule has 1 unspecified atom stereocenters. The maximum absolute atomic E-state index is 12.4. The highest BCUT2D eigenvalue weighted by Crippen LogP contribution is 2.27. The van der Waals surface area contributed by atoms with E-state index in [1.807, 2.05) is 0 Å². The quantitative estimate of drug-likeness (QED) is 0.820. The average molecular weight is 275 g/mol. The molecule has 1 rings (SSSR count). The van der Waals surface area contributed by atoms with Gasteiger partial charge in [-0.2, -0.15) is 0 Å². The molecule has 0 radical (unpaired) electrons. The second kappa shape index (κ2) is 5.92. The van der Waals surface area contributed by atoms with Gasteiger partial charge in [-0.05, 0) is 6.07 Å². The second-order valence-corrected chi connectivity index (χ2v) is 5.19. The molecule has 2 N–H and O–H groups in total. The maximum atomic E-state index is 12.4. The summed E-state index contributed by atoms with van der Waals surface area (Å²) in [6.45, 7) is 0.432. The Morgan fingerprint density at radius 1 is 1.44 bits per heavy atom. The summed E-state index contributed by atoms with van der Waals surface area (Å²) in [7, 11) is -3.95. The van der Waals surface area contributed by atoms with Crippen molar-refractivity contribution < 1.29 is 22.3 Å². The third-order valence-corrected chi connectivity index (χ3v) is 3.24. The van der Waals surface area contributed by atoms with Crippen molar-refractivity contribution in [3.8, 4) is 0 Å². The van der Waals surface area contributed by atoms with Crippen LogP contribution in [0, 0.1) is 0 Å². The lowest BCUT2D eigenvalue weighted by Crippen LogP contribution is -2.18. The predicted octanol–water partition coefficient (Wildman–Crippen LogP) is 1.30. The molecule has 0 fully saturated rings. The molecular weight excluding hydrogens is 261 g/mol. The number of benzene rings is 1. The van der Waals surface area contributed by atoms with Crippen molar-refractivity contribution in [2.24, 2.45) is 5.14 Å². The van der Waals surface area contributed by atoms with Crippen LogP contribution in [-0.4, -0.2) is 21.1 Å². The molecule has 100 valence electrons. The zero-order valence-electron chi connectivity index (χ0n) is 9.80. The number of carbonyl (C=O) groups excluding carboxylic acids is 1. The second-order valence-electron chi connectivity index (χ2n) is 3.66. The lowest BCUT2D eigenvalue weighted by molar-refractivity contribution is -0.147. The van der Waals surface area contributed by atoms with Crippen LogP contribution >= 0.6 is 0 Å². The van der Waals surface area contributed by atoms with Gasteiger partial charge in [0.1, 0.15) is 6.10 Å². The minimum atomic E-state index is -3.95. The van der Waals surface area contributed by atoms with Gasteiger partial charge >= 0.3 is 5.97 Å². The molecule has 0 aromatic heterocycles. The number of alkyl halides is 1. The van der Waals surface area contributed by atoms with Gasteiger partial charge in [0.2, 0.25) is 10.0 Å². The topological polar surface area (TPSA) is 86.5 Å². The molecule has 0 bridgehead atoms. The number of rotatable bonds is 5. The van der Waals surface area contributed by atoms with Crippen LogP contribution in [0.5, 0.6) is 0 Å². The van der Waals surface area contributed by atoms with Gasteiger partial charge in [-0.25, -0.2) is 13.6 Å². The molecule has 5 nitrogen and oxygen atoms in total. The Balaban J connectivity index is 3.23. The van der Waals surface area contributed by atoms with Gasteiger partial charge in [-0.3, -0.25) is 9.18 Å². The molecule has 1 atom stereocenters. The summed E-state index contributed by atoms with van der Waals surface area (Å²) in [5.41, 5.74) is 0.188. The van der Waals surface area contributed by atoms with Crippen molar-refractivity contribution in [1.29, 1.82) is 0 Å². The number of halogens is 1. The summed E-state index contributed by atoms with van der Waals surface area (Å²) < 4.78 is 40.1. The van der Waals surface area contributed by atoms with Crippen molar-refractivity contribution in [2.45, 2.75) is 24.3 Å². The summed E-state index contributed by atoms with van der Waals surface area (Å²) in [5, 5.41) is 5.06. The number of hydrogen-bond acceptors (Lipinski definition) is 4. The highest BCUT2D eigenvalue weighted by Gasteiger charge is 2.22. The van der Waals surface area contributed by atoms with E-state index in [0.29, 0.717) is 0 Å². The van der Waals surface area contributed by atoms with E-state index >= 15 is 0 Å². The van der Waals surface area contributed by atoms with Crippen molar-refractivity contribution in [3.63, 3.8) is 0 Å². The third kappa shape index (κ3) is 3.78. The first-order chi connectivity index (χ1) is 8.36. The highest BCUT2D eigenvalue weighted by molar-refractivity contribution is 7.89. The van der Waals surface area contributed by atoms with Gasteiger partial charge < -0.3 is 4.74 Å². The lowest BCUT2D eigenvalue weighted by atomic mass is 10.1. The van der Waals surface area contributed by atoms with Crippen LogP contribution in [0.25, 0.3) is 0 Å². The van der Waals surface area contributed by atoms with Crippen molar-refractivity contribution in [3.05, 3.63) is 29.8 Å². The van der Waals surface area contributed by atoms with Gasteiger partial charge in [-0.15, -0.1) is 0 Å². The largest absolute Gasteiger partial charge is 0.458 e. The Labute approximate surface area is 105 Å².